The van der Waals surface area contributed by atoms with Gasteiger partial charge in [-0.1, -0.05) is 62.6 Å². The molecule has 1 saturated heterocycles. The number of fused-ring (bicyclic) bond motifs is 2. The average Bonchev–Trinajstić information content (AvgIpc) is 3.29. The number of ether oxygens (including phenoxy) is 2. The highest BCUT2D eigenvalue weighted by Gasteiger charge is 2.43. The molecule has 0 unspecified atom stereocenters. The molecule has 1 aromatic heterocycles. The minimum Gasteiger partial charge on any atom is -0.451 e. The molecule has 0 aliphatic carbocycles. The second kappa shape index (κ2) is 10.1. The van der Waals surface area contributed by atoms with E-state index in [2.05, 4.69) is 13.8 Å². The van der Waals surface area contributed by atoms with E-state index in [0.29, 0.717) is 10.6 Å². The fourth-order valence-electron chi connectivity index (χ4n) is 5.05. The van der Waals surface area contributed by atoms with Crippen LogP contribution in [0.5, 0.6) is 0 Å². The summed E-state index contributed by atoms with van der Waals surface area (Å²) in [5.74, 6) is -0.193. The van der Waals surface area contributed by atoms with Crippen molar-refractivity contribution < 1.29 is 23.5 Å². The maximum Gasteiger partial charge on any atom is 0.339 e. The van der Waals surface area contributed by atoms with E-state index in [0.717, 1.165) is 47.7 Å². The predicted octanol–water partition coefficient (Wildman–Crippen LogP) is 6.89. The Hall–Kier alpha value is -2.70. The fourth-order valence-corrected chi connectivity index (χ4v) is 5.21. The van der Waals surface area contributed by atoms with E-state index in [-0.39, 0.29) is 37.1 Å². The van der Waals surface area contributed by atoms with Crippen molar-refractivity contribution in [2.24, 2.45) is 0 Å². The summed E-state index contributed by atoms with van der Waals surface area (Å²) in [5.41, 5.74) is 1.52. The topological polar surface area (TPSA) is 57.5 Å². The van der Waals surface area contributed by atoms with Crippen LogP contribution in [0.15, 0.2) is 48.7 Å². The van der Waals surface area contributed by atoms with Crippen LogP contribution in [0.1, 0.15) is 72.7 Å². The zero-order chi connectivity index (χ0) is 25.2. The molecule has 7 heteroatoms. The Kier molecular flexibility index (Phi) is 7.34. The maximum atomic E-state index is 14.2. The zero-order valence-electron chi connectivity index (χ0n) is 20.4. The number of aromatic nitrogens is 1. The predicted molar refractivity (Wildman–Crippen MR) is 135 cm³/mol. The van der Waals surface area contributed by atoms with E-state index in [1.54, 1.807) is 29.0 Å². The minimum absolute atomic E-state index is 0.0381. The van der Waals surface area contributed by atoms with Gasteiger partial charge in [0.15, 0.2) is 11.5 Å². The first-order chi connectivity index (χ1) is 16.7. The summed E-state index contributed by atoms with van der Waals surface area (Å²) in [6, 6.07) is 13.1. The molecular formula is C28H31ClFNO4. The summed E-state index contributed by atoms with van der Waals surface area (Å²) in [5, 5.41) is 1.38. The number of hydrogen-bond acceptors (Lipinski definition) is 4. The number of benzene rings is 2. The van der Waals surface area contributed by atoms with Gasteiger partial charge in [0.05, 0.1) is 30.8 Å². The molecule has 0 amide bonds. The number of Topliss-reactive ketones (excluding diaryl/α,β-unsaturated/α-hetero) is 1. The first kappa shape index (κ1) is 25.4. The molecule has 2 aliphatic heterocycles. The molecule has 3 heterocycles. The maximum absolute atomic E-state index is 14.2. The Labute approximate surface area is 210 Å². The summed E-state index contributed by atoms with van der Waals surface area (Å²) >= 11 is 5.98. The number of alkyl halides is 1. The first-order valence-electron chi connectivity index (χ1n) is 12.1. The van der Waals surface area contributed by atoms with Crippen LogP contribution >= 0.6 is 11.6 Å². The molecule has 1 fully saturated rings. The lowest BCUT2D eigenvalue weighted by atomic mass is 9.85. The van der Waals surface area contributed by atoms with Crippen molar-refractivity contribution in [3.63, 3.8) is 0 Å². The number of halogens is 2. The smallest absolute Gasteiger partial charge is 0.339 e. The summed E-state index contributed by atoms with van der Waals surface area (Å²) in [6.45, 7) is 6.15. The second-order valence-electron chi connectivity index (χ2n) is 9.46. The Morgan fingerprint density at radius 3 is 2.40 bits per heavy atom. The Balaban J connectivity index is 0.000000168. The van der Waals surface area contributed by atoms with Crippen molar-refractivity contribution in [3.8, 4) is 0 Å². The Bertz CT molecular complexity index is 1240. The van der Waals surface area contributed by atoms with Crippen molar-refractivity contribution in [2.45, 2.75) is 64.3 Å². The van der Waals surface area contributed by atoms with E-state index in [1.165, 1.54) is 6.92 Å². The quantitative estimate of drug-likeness (QED) is 0.262. The highest BCUT2D eigenvalue weighted by atomic mass is 35.5. The number of ketones is 1. The van der Waals surface area contributed by atoms with Gasteiger partial charge in [-0.2, -0.15) is 0 Å². The van der Waals surface area contributed by atoms with Crippen molar-refractivity contribution in [1.29, 1.82) is 0 Å². The molecule has 0 bridgehead atoms. The molecule has 0 saturated carbocycles. The number of esters is 1. The number of rotatable bonds is 7. The van der Waals surface area contributed by atoms with Crippen LogP contribution in [0, 0.1) is 0 Å². The van der Waals surface area contributed by atoms with Crippen molar-refractivity contribution in [2.75, 3.05) is 13.2 Å². The van der Waals surface area contributed by atoms with Crippen LogP contribution in [-0.4, -0.2) is 35.2 Å². The van der Waals surface area contributed by atoms with E-state index in [9.17, 15) is 14.0 Å². The molecule has 0 N–H and O–H groups in total. The monoisotopic (exact) mass is 499 g/mol. The normalized spacial score (nSPS) is 17.2. The minimum atomic E-state index is -1.34. The SMILES string of the molecule is CC(=O)c1cn(CC2(F)COC2)c2cc(Cl)ccc12.CCCC1(CCC)OC(=O)c2ccccc21. The first-order valence-corrected chi connectivity index (χ1v) is 12.5. The Morgan fingerprint density at radius 2 is 1.80 bits per heavy atom. The molecule has 5 nitrogen and oxygen atoms in total. The second-order valence-corrected chi connectivity index (χ2v) is 9.90. The van der Waals surface area contributed by atoms with E-state index in [1.807, 2.05) is 24.3 Å². The molecular weight excluding hydrogens is 469 g/mol. The molecule has 35 heavy (non-hydrogen) atoms. The van der Waals surface area contributed by atoms with Gasteiger partial charge in [-0.25, -0.2) is 9.18 Å². The van der Waals surface area contributed by atoms with Crippen LogP contribution < -0.4 is 0 Å². The number of hydrogen-bond donors (Lipinski definition) is 0. The largest absolute Gasteiger partial charge is 0.451 e. The molecule has 0 atom stereocenters. The van der Waals surface area contributed by atoms with Gasteiger partial charge in [0, 0.05) is 27.7 Å². The standard InChI is InChI=1S/C14H13ClFNO2.C14H18O2/c1-9(18)12-5-17(6-14(16)7-19-8-14)13-4-10(15)2-3-11(12)13;1-3-9-14(10-4-2)12-8-6-5-7-11(12)13(15)16-14/h2-5H,6-8H2,1H3;5-8H,3-4,9-10H2,1-2H3. The number of carbonyl (C=O) groups is 2. The van der Waals surface area contributed by atoms with Crippen LogP contribution in [0.2, 0.25) is 5.02 Å². The van der Waals surface area contributed by atoms with E-state index >= 15 is 0 Å². The van der Waals surface area contributed by atoms with Gasteiger partial charge in [-0.15, -0.1) is 0 Å². The molecule has 3 aromatic rings. The van der Waals surface area contributed by atoms with Crippen molar-refractivity contribution >= 4 is 34.3 Å². The summed E-state index contributed by atoms with van der Waals surface area (Å²) < 4.78 is 26.5. The third-order valence-electron chi connectivity index (χ3n) is 6.63. The fraction of sp³-hybridized carbons (Fsp3) is 0.429. The van der Waals surface area contributed by atoms with Gasteiger partial charge in [0.25, 0.3) is 0 Å². The highest BCUT2D eigenvalue weighted by Crippen LogP contribution is 2.43. The summed E-state index contributed by atoms with van der Waals surface area (Å²) in [4.78, 5) is 23.5. The number of cyclic esters (lactones) is 1. The molecule has 186 valence electrons. The van der Waals surface area contributed by atoms with Crippen LogP contribution in [0.3, 0.4) is 0 Å². The summed E-state index contributed by atoms with van der Waals surface area (Å²) in [6.07, 6.45) is 5.60. The molecule has 2 aromatic carbocycles. The molecule has 5 rings (SSSR count). The third kappa shape index (κ3) is 5.00. The van der Waals surface area contributed by atoms with Gasteiger partial charge in [-0.3, -0.25) is 4.79 Å². The molecule has 0 radical (unpaired) electrons. The van der Waals surface area contributed by atoms with Gasteiger partial charge in [0.1, 0.15) is 5.60 Å². The van der Waals surface area contributed by atoms with E-state index < -0.39 is 5.67 Å². The highest BCUT2D eigenvalue weighted by molar-refractivity contribution is 6.31. The zero-order valence-corrected chi connectivity index (χ0v) is 21.2. The van der Waals surface area contributed by atoms with Crippen molar-refractivity contribution in [1.82, 2.24) is 4.57 Å². The molecule has 2 aliphatic rings. The van der Waals surface area contributed by atoms with Gasteiger partial charge < -0.3 is 14.0 Å². The van der Waals surface area contributed by atoms with Crippen LogP contribution in [0.25, 0.3) is 10.9 Å². The van der Waals surface area contributed by atoms with Gasteiger partial charge >= 0.3 is 5.97 Å². The number of nitrogens with zero attached hydrogens (tertiary/aromatic N) is 1. The Morgan fingerprint density at radius 1 is 1.11 bits per heavy atom. The number of carbonyl (C=O) groups excluding carboxylic acids is 2. The van der Waals surface area contributed by atoms with Crippen LogP contribution in [-0.2, 0) is 21.6 Å². The van der Waals surface area contributed by atoms with Gasteiger partial charge in [0.2, 0.25) is 0 Å². The lowest BCUT2D eigenvalue weighted by Gasteiger charge is -2.34. The average molecular weight is 500 g/mol. The van der Waals surface area contributed by atoms with Crippen molar-refractivity contribution in [3.05, 3.63) is 70.4 Å². The lowest BCUT2D eigenvalue weighted by Crippen LogP contribution is -2.48. The molecule has 0 spiro atoms. The van der Waals surface area contributed by atoms with Crippen LogP contribution in [0.4, 0.5) is 4.39 Å². The van der Waals surface area contributed by atoms with Gasteiger partial charge in [-0.05, 0) is 38.0 Å². The lowest BCUT2D eigenvalue weighted by molar-refractivity contribution is -0.136. The summed E-state index contributed by atoms with van der Waals surface area (Å²) in [7, 11) is 0. The van der Waals surface area contributed by atoms with E-state index in [4.69, 9.17) is 21.1 Å². The third-order valence-corrected chi connectivity index (χ3v) is 6.87.